The van der Waals surface area contributed by atoms with E-state index in [-0.39, 0.29) is 28.6 Å². The van der Waals surface area contributed by atoms with Crippen LogP contribution in [0.1, 0.15) is 17.7 Å². The van der Waals surface area contributed by atoms with Gasteiger partial charge < -0.3 is 14.0 Å². The van der Waals surface area contributed by atoms with E-state index in [0.717, 1.165) is 6.07 Å². The van der Waals surface area contributed by atoms with Crippen molar-refractivity contribution in [2.45, 2.75) is 6.43 Å². The van der Waals surface area contributed by atoms with Gasteiger partial charge in [0.2, 0.25) is 0 Å². The molecule has 0 spiro atoms. The molecule has 3 aromatic rings. The molecule has 2 heterocycles. The van der Waals surface area contributed by atoms with Crippen molar-refractivity contribution in [3.63, 3.8) is 0 Å². The first-order valence-electron chi connectivity index (χ1n) is 6.94. The highest BCUT2D eigenvalue weighted by Gasteiger charge is 2.21. The predicted octanol–water partition coefficient (Wildman–Crippen LogP) is 3.74. The quantitative estimate of drug-likeness (QED) is 0.696. The van der Waals surface area contributed by atoms with Crippen LogP contribution in [0.4, 0.5) is 8.78 Å². The molecule has 0 bridgehead atoms. The van der Waals surface area contributed by atoms with Gasteiger partial charge in [0.1, 0.15) is 17.5 Å². The summed E-state index contributed by atoms with van der Waals surface area (Å²) in [5.74, 6) is 0.590. The van der Waals surface area contributed by atoms with Crippen LogP contribution >= 0.6 is 0 Å². The summed E-state index contributed by atoms with van der Waals surface area (Å²) >= 11 is 0. The maximum atomic E-state index is 12.7. The predicted molar refractivity (Wildman–Crippen MR) is 80.3 cm³/mol. The molecule has 126 valence electrons. The van der Waals surface area contributed by atoms with Crippen LogP contribution < -0.4 is 9.47 Å². The van der Waals surface area contributed by atoms with Crippen LogP contribution in [0.2, 0.25) is 0 Å². The minimum absolute atomic E-state index is 0.00858. The van der Waals surface area contributed by atoms with Crippen LogP contribution in [0.15, 0.2) is 41.2 Å². The van der Waals surface area contributed by atoms with Gasteiger partial charge >= 0.3 is 6.01 Å². The zero-order valence-corrected chi connectivity index (χ0v) is 12.8. The first kappa shape index (κ1) is 16.3. The molecule has 0 fully saturated rings. The number of hydrogen-bond donors (Lipinski definition) is 0. The van der Waals surface area contributed by atoms with Crippen molar-refractivity contribution >= 4 is 0 Å². The minimum atomic E-state index is -2.79. The van der Waals surface area contributed by atoms with Gasteiger partial charge in [0.25, 0.3) is 6.43 Å². The number of hydrogen-bond acceptors (Lipinski definition) is 7. The van der Waals surface area contributed by atoms with E-state index in [9.17, 15) is 14.0 Å². The van der Waals surface area contributed by atoms with E-state index in [1.54, 1.807) is 6.07 Å². The van der Waals surface area contributed by atoms with Crippen LogP contribution in [-0.4, -0.2) is 22.2 Å². The number of alkyl halides is 2. The third-order valence-corrected chi connectivity index (χ3v) is 3.19. The first-order valence-corrected chi connectivity index (χ1v) is 6.94. The minimum Gasteiger partial charge on any atom is -0.494 e. The second kappa shape index (κ2) is 6.92. The lowest BCUT2D eigenvalue weighted by Gasteiger charge is -2.09. The van der Waals surface area contributed by atoms with Crippen LogP contribution in [-0.2, 0) is 0 Å². The highest BCUT2D eigenvalue weighted by atomic mass is 19.3. The highest BCUT2D eigenvalue weighted by Crippen LogP contribution is 2.36. The molecule has 25 heavy (non-hydrogen) atoms. The van der Waals surface area contributed by atoms with Crippen LogP contribution in [0, 0.1) is 11.3 Å². The highest BCUT2D eigenvalue weighted by molar-refractivity contribution is 5.73. The number of nitriles is 1. The molecule has 0 aliphatic rings. The maximum absolute atomic E-state index is 12.7. The van der Waals surface area contributed by atoms with Gasteiger partial charge in [-0.05, 0) is 12.1 Å². The Bertz CT molecular complexity index is 920. The van der Waals surface area contributed by atoms with Gasteiger partial charge in [-0.3, -0.25) is 0 Å². The lowest BCUT2D eigenvalue weighted by Crippen LogP contribution is -1.95. The number of aromatic nitrogens is 3. The van der Waals surface area contributed by atoms with Gasteiger partial charge in [-0.25, -0.2) is 8.78 Å². The monoisotopic (exact) mass is 344 g/mol. The molecule has 0 N–H and O–H groups in total. The van der Waals surface area contributed by atoms with E-state index in [4.69, 9.17) is 14.0 Å². The third-order valence-electron chi connectivity index (χ3n) is 3.19. The molecule has 0 radical (unpaired) electrons. The molecule has 0 aliphatic heterocycles. The molecule has 7 nitrogen and oxygen atoms in total. The number of methoxy groups -OCH3 is 1. The Balaban J connectivity index is 2.02. The van der Waals surface area contributed by atoms with E-state index >= 15 is 0 Å². The van der Waals surface area contributed by atoms with E-state index in [0.29, 0.717) is 5.75 Å². The Morgan fingerprint density at radius 1 is 1.24 bits per heavy atom. The van der Waals surface area contributed by atoms with Crippen LogP contribution in [0.3, 0.4) is 0 Å². The van der Waals surface area contributed by atoms with Crippen molar-refractivity contribution in [2.24, 2.45) is 0 Å². The van der Waals surface area contributed by atoms with Gasteiger partial charge in [0.05, 0.1) is 30.6 Å². The topological polar surface area (TPSA) is 94.1 Å². The fourth-order valence-corrected chi connectivity index (χ4v) is 2.03. The zero-order valence-electron chi connectivity index (χ0n) is 12.8. The van der Waals surface area contributed by atoms with Crippen molar-refractivity contribution in [3.8, 4) is 34.9 Å². The molecule has 9 heteroatoms. The molecule has 0 aliphatic carbocycles. The summed E-state index contributed by atoms with van der Waals surface area (Å²) in [4.78, 5) is 7.92. The molecule has 0 atom stereocenters. The molecule has 0 saturated heterocycles. The van der Waals surface area contributed by atoms with E-state index in [1.807, 2.05) is 6.07 Å². The fraction of sp³-hybridized carbons (Fsp3) is 0.125. The molecule has 0 unspecified atom stereocenters. The Morgan fingerprint density at radius 2 is 2.00 bits per heavy atom. The van der Waals surface area contributed by atoms with E-state index in [1.165, 1.54) is 31.6 Å². The second-order valence-corrected chi connectivity index (χ2v) is 4.71. The number of halogens is 2. The Hall–Kier alpha value is -3.54. The van der Waals surface area contributed by atoms with Gasteiger partial charge in [0, 0.05) is 6.07 Å². The second-order valence-electron chi connectivity index (χ2n) is 4.71. The van der Waals surface area contributed by atoms with Crippen molar-refractivity contribution < 1.29 is 22.8 Å². The number of benzene rings is 1. The third kappa shape index (κ3) is 3.37. The smallest absolute Gasteiger partial charge is 0.322 e. The van der Waals surface area contributed by atoms with Gasteiger partial charge in [-0.1, -0.05) is 11.2 Å². The van der Waals surface area contributed by atoms with E-state index in [2.05, 4.69) is 15.1 Å². The van der Waals surface area contributed by atoms with Gasteiger partial charge in [-0.15, -0.1) is 0 Å². The standard InChI is InChI=1S/C16H10F2N4O3/c1-23-10-7-20-16(21-8-10)24-12-4-2-3-9(6-19)14(12)13-5-11(15(17)18)22-25-13/h2-5,7-8,15H,1H3. The molecule has 0 amide bonds. The van der Waals surface area contributed by atoms with Crippen molar-refractivity contribution in [1.29, 1.82) is 5.26 Å². The van der Waals surface area contributed by atoms with Crippen LogP contribution in [0.25, 0.3) is 11.3 Å². The van der Waals surface area contributed by atoms with Crippen molar-refractivity contribution in [1.82, 2.24) is 15.1 Å². The SMILES string of the molecule is COc1cnc(Oc2cccc(C#N)c2-c2cc(C(F)F)no2)nc1. The molecular weight excluding hydrogens is 334 g/mol. The molecule has 1 aromatic carbocycles. The van der Waals surface area contributed by atoms with Crippen molar-refractivity contribution in [2.75, 3.05) is 7.11 Å². The Labute approximate surface area is 140 Å². The molecule has 2 aromatic heterocycles. The number of ether oxygens (including phenoxy) is 2. The average molecular weight is 344 g/mol. The zero-order chi connectivity index (χ0) is 17.8. The summed E-state index contributed by atoms with van der Waals surface area (Å²) in [5.41, 5.74) is -0.179. The Kier molecular flexibility index (Phi) is 4.52. The summed E-state index contributed by atoms with van der Waals surface area (Å²) in [6.07, 6.45) is 0.0139. The average Bonchev–Trinajstić information content (AvgIpc) is 3.12. The summed E-state index contributed by atoms with van der Waals surface area (Å²) in [7, 11) is 1.47. The Morgan fingerprint density at radius 3 is 2.60 bits per heavy atom. The summed E-state index contributed by atoms with van der Waals surface area (Å²) in [6, 6.07) is 7.62. The summed E-state index contributed by atoms with van der Waals surface area (Å²) in [6.45, 7) is 0. The van der Waals surface area contributed by atoms with Gasteiger partial charge in [0.15, 0.2) is 11.5 Å². The number of rotatable bonds is 5. The summed E-state index contributed by atoms with van der Waals surface area (Å²) in [5, 5.41) is 12.6. The molecule has 3 rings (SSSR count). The number of nitrogens with zero attached hydrogens (tertiary/aromatic N) is 4. The fourth-order valence-electron chi connectivity index (χ4n) is 2.03. The normalized spacial score (nSPS) is 10.5. The molecule has 0 saturated carbocycles. The van der Waals surface area contributed by atoms with E-state index < -0.39 is 12.1 Å². The summed E-state index contributed by atoms with van der Waals surface area (Å²) < 4.78 is 41.0. The lowest BCUT2D eigenvalue weighted by atomic mass is 10.0. The van der Waals surface area contributed by atoms with Crippen LogP contribution in [0.5, 0.6) is 17.5 Å². The van der Waals surface area contributed by atoms with Crippen molar-refractivity contribution in [3.05, 3.63) is 47.9 Å². The largest absolute Gasteiger partial charge is 0.494 e. The lowest BCUT2D eigenvalue weighted by molar-refractivity contribution is 0.140. The maximum Gasteiger partial charge on any atom is 0.322 e. The van der Waals surface area contributed by atoms with Gasteiger partial charge in [-0.2, -0.15) is 15.2 Å². The first-order chi connectivity index (χ1) is 12.1. The molecular formula is C16H10F2N4O3.